The van der Waals surface area contributed by atoms with E-state index in [1.54, 1.807) is 12.1 Å². The lowest BCUT2D eigenvalue weighted by molar-refractivity contribution is 0.0867. The van der Waals surface area contributed by atoms with Gasteiger partial charge in [0, 0.05) is 6.42 Å². The molecule has 3 aromatic carbocycles. The number of alkyl carbamates (subject to hydrolysis) is 1. The number of amides is 1. The summed E-state index contributed by atoms with van der Waals surface area (Å²) in [5, 5.41) is 13.5. The van der Waals surface area contributed by atoms with Gasteiger partial charge >= 0.3 is 6.09 Å². The van der Waals surface area contributed by atoms with Gasteiger partial charge in [0.15, 0.2) is 0 Å². The number of carbonyl (C=O) groups excluding carboxylic acids is 1. The average molecular weight is 484 g/mol. The summed E-state index contributed by atoms with van der Waals surface area (Å²) in [7, 11) is -3.94. The molecule has 8 heteroatoms. The van der Waals surface area contributed by atoms with E-state index in [0.29, 0.717) is 6.42 Å². The van der Waals surface area contributed by atoms with Crippen LogP contribution in [-0.4, -0.2) is 38.4 Å². The van der Waals surface area contributed by atoms with Crippen molar-refractivity contribution in [3.8, 4) is 0 Å². The first-order valence-electron chi connectivity index (χ1n) is 11.0. The SMILES string of the molecule is Cc1ccc(S(=O)(=O)OCCC(O)C(Cc2ccccc2)NC(=O)OCc2ccccc2)cc1. The minimum Gasteiger partial charge on any atom is -0.445 e. The quantitative estimate of drug-likeness (QED) is 0.400. The first-order chi connectivity index (χ1) is 16.3. The Morgan fingerprint density at radius 2 is 1.50 bits per heavy atom. The number of nitrogens with one attached hydrogen (secondary N) is 1. The Morgan fingerprint density at radius 1 is 0.912 bits per heavy atom. The van der Waals surface area contributed by atoms with Crippen molar-refractivity contribution in [3.63, 3.8) is 0 Å². The van der Waals surface area contributed by atoms with Crippen molar-refractivity contribution in [2.45, 2.75) is 43.4 Å². The molecule has 1 amide bonds. The Hall–Kier alpha value is -3.20. The lowest BCUT2D eigenvalue weighted by atomic mass is 9.99. The standard InChI is InChI=1S/C26H29NO6S/c1-20-12-14-23(15-13-20)34(30,31)33-17-16-25(28)24(18-21-8-4-2-5-9-21)27-26(29)32-19-22-10-6-3-7-11-22/h2-15,24-25,28H,16-19H2,1H3,(H,27,29). The summed E-state index contributed by atoms with van der Waals surface area (Å²) in [6, 6.07) is 24.3. The molecule has 180 valence electrons. The van der Waals surface area contributed by atoms with E-state index < -0.39 is 28.4 Å². The van der Waals surface area contributed by atoms with Crippen LogP contribution in [0.4, 0.5) is 4.79 Å². The van der Waals surface area contributed by atoms with Crippen LogP contribution in [0.3, 0.4) is 0 Å². The summed E-state index contributed by atoms with van der Waals surface area (Å²) in [5.74, 6) is 0. The van der Waals surface area contributed by atoms with E-state index in [1.807, 2.05) is 67.6 Å². The molecule has 0 heterocycles. The Morgan fingerprint density at radius 3 is 2.12 bits per heavy atom. The van der Waals surface area contributed by atoms with Crippen LogP contribution >= 0.6 is 0 Å². The molecule has 2 unspecified atom stereocenters. The van der Waals surface area contributed by atoms with Crippen LogP contribution in [-0.2, 0) is 32.1 Å². The van der Waals surface area contributed by atoms with Crippen LogP contribution in [0.5, 0.6) is 0 Å². The first kappa shape index (κ1) is 25.4. The number of carbonyl (C=O) groups is 1. The highest BCUT2D eigenvalue weighted by Crippen LogP contribution is 2.15. The number of aliphatic hydroxyl groups is 1. The zero-order chi connectivity index (χ0) is 24.4. The lowest BCUT2D eigenvalue weighted by Crippen LogP contribution is -2.45. The van der Waals surface area contributed by atoms with Crippen molar-refractivity contribution in [2.75, 3.05) is 6.61 Å². The fraction of sp³-hybridized carbons (Fsp3) is 0.269. The van der Waals surface area contributed by atoms with E-state index in [0.717, 1.165) is 16.7 Å². The zero-order valence-corrected chi connectivity index (χ0v) is 19.8. The molecule has 3 aromatic rings. The third-order valence-corrected chi connectivity index (χ3v) is 6.57. The van der Waals surface area contributed by atoms with Crippen LogP contribution in [0.25, 0.3) is 0 Å². The van der Waals surface area contributed by atoms with Gasteiger partial charge in [-0.1, -0.05) is 78.4 Å². The first-order valence-corrected chi connectivity index (χ1v) is 12.4. The Kier molecular flexibility index (Phi) is 9.21. The van der Waals surface area contributed by atoms with Gasteiger partial charge in [0.1, 0.15) is 6.61 Å². The van der Waals surface area contributed by atoms with Gasteiger partial charge in [-0.05, 0) is 36.6 Å². The smallest absolute Gasteiger partial charge is 0.407 e. The number of hydrogen-bond donors (Lipinski definition) is 2. The fourth-order valence-corrected chi connectivity index (χ4v) is 4.24. The lowest BCUT2D eigenvalue weighted by Gasteiger charge is -2.24. The van der Waals surface area contributed by atoms with Crippen molar-refractivity contribution < 1.29 is 27.2 Å². The van der Waals surface area contributed by atoms with E-state index in [1.165, 1.54) is 12.1 Å². The Balaban J connectivity index is 1.58. The molecule has 0 aliphatic rings. The predicted octanol–water partition coefficient (Wildman–Crippen LogP) is 3.99. The molecule has 0 aromatic heterocycles. The maximum absolute atomic E-state index is 12.4. The van der Waals surface area contributed by atoms with Gasteiger partial charge in [0.25, 0.3) is 10.1 Å². The van der Waals surface area contributed by atoms with Gasteiger partial charge in [0.05, 0.1) is 23.6 Å². The molecule has 0 spiro atoms. The summed E-state index contributed by atoms with van der Waals surface area (Å²) >= 11 is 0. The molecule has 2 N–H and O–H groups in total. The topological polar surface area (TPSA) is 102 Å². The number of rotatable bonds is 11. The van der Waals surface area contributed by atoms with Crippen molar-refractivity contribution in [1.29, 1.82) is 0 Å². The number of aryl methyl sites for hydroxylation is 1. The van der Waals surface area contributed by atoms with Crippen LogP contribution in [0.1, 0.15) is 23.1 Å². The Labute approximate surface area is 200 Å². The third kappa shape index (κ3) is 7.98. The summed E-state index contributed by atoms with van der Waals surface area (Å²) < 4.78 is 35.2. The van der Waals surface area contributed by atoms with E-state index in [9.17, 15) is 18.3 Å². The van der Waals surface area contributed by atoms with Gasteiger partial charge in [-0.3, -0.25) is 4.18 Å². The fourth-order valence-electron chi connectivity index (χ4n) is 3.32. The van der Waals surface area contributed by atoms with Gasteiger partial charge in [-0.15, -0.1) is 0 Å². The highest BCUT2D eigenvalue weighted by molar-refractivity contribution is 7.86. The van der Waals surface area contributed by atoms with Crippen LogP contribution in [0.2, 0.25) is 0 Å². The van der Waals surface area contributed by atoms with Gasteiger partial charge in [0.2, 0.25) is 0 Å². The molecule has 2 atom stereocenters. The van der Waals surface area contributed by atoms with Crippen LogP contribution < -0.4 is 5.32 Å². The van der Waals surface area contributed by atoms with Crippen LogP contribution in [0.15, 0.2) is 89.8 Å². The second-order valence-corrected chi connectivity index (χ2v) is 9.56. The third-order valence-electron chi connectivity index (χ3n) is 5.24. The summed E-state index contributed by atoms with van der Waals surface area (Å²) in [6.45, 7) is 1.72. The summed E-state index contributed by atoms with van der Waals surface area (Å²) in [6.07, 6.45) is -1.39. The largest absolute Gasteiger partial charge is 0.445 e. The normalized spacial score (nSPS) is 13.1. The maximum Gasteiger partial charge on any atom is 0.407 e. The molecule has 0 fully saturated rings. The highest BCUT2D eigenvalue weighted by Gasteiger charge is 2.24. The molecule has 0 aliphatic carbocycles. The monoisotopic (exact) mass is 483 g/mol. The molecule has 0 bridgehead atoms. The summed E-state index contributed by atoms with van der Waals surface area (Å²) in [4.78, 5) is 12.4. The number of hydrogen-bond acceptors (Lipinski definition) is 6. The second kappa shape index (κ2) is 12.3. The molecule has 0 radical (unpaired) electrons. The Bertz CT molecular complexity index is 1130. The maximum atomic E-state index is 12.4. The van der Waals surface area contributed by atoms with E-state index in [-0.39, 0.29) is 24.5 Å². The van der Waals surface area contributed by atoms with Gasteiger partial charge in [-0.2, -0.15) is 8.42 Å². The molecule has 3 rings (SSSR count). The molecule has 0 saturated heterocycles. The predicted molar refractivity (Wildman–Crippen MR) is 129 cm³/mol. The van der Waals surface area contributed by atoms with E-state index in [4.69, 9.17) is 8.92 Å². The molecular formula is C26H29NO6S. The van der Waals surface area contributed by atoms with E-state index >= 15 is 0 Å². The number of ether oxygens (including phenoxy) is 1. The van der Waals surface area contributed by atoms with Crippen molar-refractivity contribution in [2.24, 2.45) is 0 Å². The molecular weight excluding hydrogens is 454 g/mol. The summed E-state index contributed by atoms with van der Waals surface area (Å²) in [5.41, 5.74) is 2.68. The highest BCUT2D eigenvalue weighted by atomic mass is 32.2. The van der Waals surface area contributed by atoms with Crippen molar-refractivity contribution >= 4 is 16.2 Å². The second-order valence-electron chi connectivity index (χ2n) is 7.95. The number of aliphatic hydroxyl groups excluding tert-OH is 1. The van der Waals surface area contributed by atoms with Crippen molar-refractivity contribution in [3.05, 3.63) is 102 Å². The van der Waals surface area contributed by atoms with E-state index in [2.05, 4.69) is 5.32 Å². The zero-order valence-electron chi connectivity index (χ0n) is 19.0. The molecule has 0 saturated carbocycles. The van der Waals surface area contributed by atoms with Crippen LogP contribution in [0, 0.1) is 6.92 Å². The average Bonchev–Trinajstić information content (AvgIpc) is 2.84. The molecule has 34 heavy (non-hydrogen) atoms. The van der Waals surface area contributed by atoms with Gasteiger partial charge < -0.3 is 15.2 Å². The molecule has 0 aliphatic heterocycles. The van der Waals surface area contributed by atoms with Gasteiger partial charge in [-0.25, -0.2) is 4.79 Å². The van der Waals surface area contributed by atoms with Crippen molar-refractivity contribution in [1.82, 2.24) is 5.32 Å². The minimum atomic E-state index is -3.94. The number of benzene rings is 3. The molecule has 7 nitrogen and oxygen atoms in total. The minimum absolute atomic E-state index is 0.00154.